The van der Waals surface area contributed by atoms with Crippen LogP contribution in [0, 0.1) is 0 Å². The molecule has 0 aliphatic rings. The Balaban J connectivity index is 3.14. The van der Waals surface area contributed by atoms with E-state index in [-0.39, 0.29) is 10.6 Å². The molecule has 0 fully saturated rings. The lowest BCUT2D eigenvalue weighted by Crippen LogP contribution is -2.31. The van der Waals surface area contributed by atoms with Crippen LogP contribution in [0.15, 0.2) is 24.3 Å². The van der Waals surface area contributed by atoms with Gasteiger partial charge in [0.25, 0.3) is 0 Å². The SMILES string of the molecule is NC(=S)C(F)(F)c1cccc(Cl)c1. The molecule has 0 unspecified atom stereocenters. The fraction of sp³-hybridized carbons (Fsp3) is 0.125. The molecule has 0 aliphatic heterocycles. The monoisotopic (exact) mass is 221 g/mol. The van der Waals surface area contributed by atoms with Crippen molar-refractivity contribution in [3.8, 4) is 0 Å². The van der Waals surface area contributed by atoms with Crippen molar-refractivity contribution in [1.29, 1.82) is 0 Å². The smallest absolute Gasteiger partial charge is 0.322 e. The van der Waals surface area contributed by atoms with Gasteiger partial charge in [0, 0.05) is 10.6 Å². The van der Waals surface area contributed by atoms with E-state index in [1.54, 1.807) is 0 Å². The summed E-state index contributed by atoms with van der Waals surface area (Å²) >= 11 is 9.78. The largest absolute Gasteiger partial charge is 0.388 e. The van der Waals surface area contributed by atoms with Crippen LogP contribution < -0.4 is 5.73 Å². The van der Waals surface area contributed by atoms with Crippen LogP contribution in [-0.2, 0) is 5.92 Å². The van der Waals surface area contributed by atoms with Gasteiger partial charge >= 0.3 is 5.92 Å². The van der Waals surface area contributed by atoms with E-state index < -0.39 is 10.9 Å². The van der Waals surface area contributed by atoms with E-state index in [0.717, 1.165) is 6.07 Å². The highest BCUT2D eigenvalue weighted by atomic mass is 35.5. The summed E-state index contributed by atoms with van der Waals surface area (Å²) in [7, 11) is 0. The van der Waals surface area contributed by atoms with Gasteiger partial charge < -0.3 is 5.73 Å². The molecule has 0 spiro atoms. The Morgan fingerprint density at radius 1 is 1.46 bits per heavy atom. The van der Waals surface area contributed by atoms with Crippen LogP contribution in [0.1, 0.15) is 5.56 Å². The van der Waals surface area contributed by atoms with Crippen molar-refractivity contribution in [2.45, 2.75) is 5.92 Å². The van der Waals surface area contributed by atoms with Gasteiger partial charge in [0.15, 0.2) is 0 Å². The predicted molar refractivity (Wildman–Crippen MR) is 52.1 cm³/mol. The number of hydrogen-bond acceptors (Lipinski definition) is 1. The number of thiocarbonyl (C=S) groups is 1. The number of nitrogens with two attached hydrogens (primary N) is 1. The molecule has 13 heavy (non-hydrogen) atoms. The highest BCUT2D eigenvalue weighted by Crippen LogP contribution is 2.29. The summed E-state index contributed by atoms with van der Waals surface area (Å²) in [6.45, 7) is 0. The first-order valence-electron chi connectivity index (χ1n) is 3.38. The lowest BCUT2D eigenvalue weighted by Gasteiger charge is -2.14. The van der Waals surface area contributed by atoms with Gasteiger partial charge in [-0.1, -0.05) is 36.0 Å². The van der Waals surface area contributed by atoms with Crippen molar-refractivity contribution in [1.82, 2.24) is 0 Å². The summed E-state index contributed by atoms with van der Waals surface area (Å²) < 4.78 is 26.3. The second-order valence-corrected chi connectivity index (χ2v) is 3.33. The summed E-state index contributed by atoms with van der Waals surface area (Å²) in [6.07, 6.45) is 0. The topological polar surface area (TPSA) is 26.0 Å². The molecular formula is C8H6ClF2NS. The first-order valence-corrected chi connectivity index (χ1v) is 4.17. The Bertz CT molecular complexity index is 341. The van der Waals surface area contributed by atoms with Gasteiger partial charge in [-0.15, -0.1) is 0 Å². The van der Waals surface area contributed by atoms with E-state index in [2.05, 4.69) is 12.2 Å². The van der Waals surface area contributed by atoms with E-state index in [0.29, 0.717) is 0 Å². The molecule has 0 amide bonds. The zero-order valence-corrected chi connectivity index (χ0v) is 8.00. The number of benzene rings is 1. The maximum Gasteiger partial charge on any atom is 0.322 e. The maximum absolute atomic E-state index is 13.1. The summed E-state index contributed by atoms with van der Waals surface area (Å²) in [5.41, 5.74) is 4.61. The minimum Gasteiger partial charge on any atom is -0.388 e. The molecule has 0 bridgehead atoms. The molecular weight excluding hydrogens is 216 g/mol. The number of alkyl halides is 2. The average Bonchev–Trinajstić information content (AvgIpc) is 2.04. The summed E-state index contributed by atoms with van der Waals surface area (Å²) in [5.74, 6) is -3.29. The van der Waals surface area contributed by atoms with Crippen molar-refractivity contribution in [3.05, 3.63) is 34.9 Å². The predicted octanol–water partition coefficient (Wildman–Crippen LogP) is 2.72. The number of halogens is 3. The van der Waals surface area contributed by atoms with Crippen molar-refractivity contribution in [2.75, 3.05) is 0 Å². The van der Waals surface area contributed by atoms with Gasteiger partial charge in [0.2, 0.25) is 0 Å². The third-order valence-corrected chi connectivity index (χ3v) is 1.99. The highest BCUT2D eigenvalue weighted by Gasteiger charge is 2.35. The Kier molecular flexibility index (Phi) is 2.83. The third kappa shape index (κ3) is 2.14. The van der Waals surface area contributed by atoms with E-state index in [1.807, 2.05) is 0 Å². The Morgan fingerprint density at radius 2 is 2.08 bits per heavy atom. The van der Waals surface area contributed by atoms with Crippen LogP contribution >= 0.6 is 23.8 Å². The van der Waals surface area contributed by atoms with Gasteiger partial charge in [-0.25, -0.2) is 0 Å². The van der Waals surface area contributed by atoms with Crippen LogP contribution in [-0.4, -0.2) is 4.99 Å². The van der Waals surface area contributed by atoms with Gasteiger partial charge in [-0.05, 0) is 12.1 Å². The molecule has 1 rings (SSSR count). The lowest BCUT2D eigenvalue weighted by molar-refractivity contribution is 0.0776. The van der Waals surface area contributed by atoms with Crippen molar-refractivity contribution in [2.24, 2.45) is 5.73 Å². The molecule has 1 nitrogen and oxygen atoms in total. The van der Waals surface area contributed by atoms with Crippen LogP contribution in [0.3, 0.4) is 0 Å². The van der Waals surface area contributed by atoms with Gasteiger partial charge in [-0.3, -0.25) is 0 Å². The fourth-order valence-corrected chi connectivity index (χ4v) is 1.13. The van der Waals surface area contributed by atoms with Crippen LogP contribution in [0.5, 0.6) is 0 Å². The van der Waals surface area contributed by atoms with E-state index in [4.69, 9.17) is 17.3 Å². The van der Waals surface area contributed by atoms with Crippen LogP contribution in [0.2, 0.25) is 5.02 Å². The van der Waals surface area contributed by atoms with Gasteiger partial charge in [0.1, 0.15) is 4.99 Å². The normalized spacial score (nSPS) is 11.3. The molecule has 0 aliphatic carbocycles. The van der Waals surface area contributed by atoms with Crippen molar-refractivity contribution < 1.29 is 8.78 Å². The maximum atomic E-state index is 13.1. The average molecular weight is 222 g/mol. The molecule has 0 heterocycles. The summed E-state index contributed by atoms with van der Waals surface area (Å²) in [5, 5.41) is 0.230. The quantitative estimate of drug-likeness (QED) is 0.778. The van der Waals surface area contributed by atoms with Crippen LogP contribution in [0.4, 0.5) is 8.78 Å². The fourth-order valence-electron chi connectivity index (χ4n) is 0.826. The molecule has 0 saturated carbocycles. The summed E-state index contributed by atoms with van der Waals surface area (Å²) in [4.78, 5) is -0.852. The molecule has 1 aromatic rings. The summed E-state index contributed by atoms with van der Waals surface area (Å²) in [6, 6.07) is 5.29. The second kappa shape index (κ2) is 3.55. The van der Waals surface area contributed by atoms with Crippen LogP contribution in [0.25, 0.3) is 0 Å². The Labute approximate surface area is 84.5 Å². The molecule has 0 atom stereocenters. The molecule has 0 aromatic heterocycles. The second-order valence-electron chi connectivity index (χ2n) is 2.45. The number of hydrogen-bond donors (Lipinski definition) is 1. The molecule has 2 N–H and O–H groups in total. The standard InChI is InChI=1S/C8H6ClF2NS/c9-6-3-1-2-5(4-6)8(10,11)7(12)13/h1-4H,(H2,12,13). The van der Waals surface area contributed by atoms with E-state index >= 15 is 0 Å². The molecule has 5 heteroatoms. The first kappa shape index (κ1) is 10.3. The zero-order chi connectivity index (χ0) is 10.1. The van der Waals surface area contributed by atoms with Gasteiger partial charge in [-0.2, -0.15) is 8.78 Å². The van der Waals surface area contributed by atoms with E-state index in [1.165, 1.54) is 18.2 Å². The van der Waals surface area contributed by atoms with Gasteiger partial charge in [0.05, 0.1) is 0 Å². The number of rotatable bonds is 2. The van der Waals surface area contributed by atoms with Crippen molar-refractivity contribution in [3.63, 3.8) is 0 Å². The highest BCUT2D eigenvalue weighted by molar-refractivity contribution is 7.80. The van der Waals surface area contributed by atoms with Crippen molar-refractivity contribution >= 4 is 28.8 Å². The zero-order valence-electron chi connectivity index (χ0n) is 6.43. The third-order valence-electron chi connectivity index (χ3n) is 1.50. The van der Waals surface area contributed by atoms with E-state index in [9.17, 15) is 8.78 Å². The molecule has 0 radical (unpaired) electrons. The lowest BCUT2D eigenvalue weighted by atomic mass is 10.1. The Morgan fingerprint density at radius 3 is 2.54 bits per heavy atom. The molecule has 70 valence electrons. The minimum absolute atomic E-state index is 0.230. The Hall–Kier alpha value is -0.740. The molecule has 1 aromatic carbocycles. The first-order chi connectivity index (χ1) is 5.94. The minimum atomic E-state index is -3.29. The molecule has 0 saturated heterocycles.